The molecule has 5 rings (SSSR count). The van der Waals surface area contributed by atoms with E-state index in [4.69, 9.17) is 0 Å². The third-order valence-corrected chi connectivity index (χ3v) is 7.04. The van der Waals surface area contributed by atoms with Crippen molar-refractivity contribution in [2.45, 2.75) is 57.5 Å². The molecule has 1 saturated heterocycles. The van der Waals surface area contributed by atoms with Crippen molar-refractivity contribution in [2.24, 2.45) is 17.8 Å². The summed E-state index contributed by atoms with van der Waals surface area (Å²) in [6.07, 6.45) is 5.33. The summed E-state index contributed by atoms with van der Waals surface area (Å²) in [6.45, 7) is 0.785. The van der Waals surface area contributed by atoms with E-state index in [0.717, 1.165) is 29.0 Å². The van der Waals surface area contributed by atoms with E-state index < -0.39 is 11.8 Å². The predicted molar refractivity (Wildman–Crippen MR) is 94.7 cm³/mol. The number of halogens is 1. The van der Waals surface area contributed by atoms with Gasteiger partial charge in [-0.3, -0.25) is 19.7 Å². The molecule has 2 aliphatic heterocycles. The van der Waals surface area contributed by atoms with Crippen molar-refractivity contribution in [3.63, 3.8) is 0 Å². The van der Waals surface area contributed by atoms with Crippen LogP contribution in [0.5, 0.6) is 0 Å². The van der Waals surface area contributed by atoms with Crippen LogP contribution in [0.2, 0.25) is 0 Å². The molecule has 6 heteroatoms. The van der Waals surface area contributed by atoms with Crippen molar-refractivity contribution in [1.29, 1.82) is 0 Å². The smallest absolute Gasteiger partial charge is 0.239 e. The van der Waals surface area contributed by atoms with Gasteiger partial charge in [-0.15, -0.1) is 0 Å². The van der Waals surface area contributed by atoms with E-state index in [1.165, 1.54) is 25.3 Å². The summed E-state index contributed by atoms with van der Waals surface area (Å²) in [5, 5.41) is 2.25. The molecule has 142 valence electrons. The molecular weight excluding hydrogens is 347 g/mol. The van der Waals surface area contributed by atoms with Gasteiger partial charge in [-0.2, -0.15) is 0 Å². The maximum absolute atomic E-state index is 14.3. The summed E-state index contributed by atoms with van der Waals surface area (Å²) in [7, 11) is 0. The molecule has 3 amide bonds. The van der Waals surface area contributed by atoms with Gasteiger partial charge in [-0.25, -0.2) is 4.39 Å². The number of hydrogen-bond acceptors (Lipinski definition) is 3. The average molecular weight is 370 g/mol. The van der Waals surface area contributed by atoms with E-state index in [-0.39, 0.29) is 30.5 Å². The topological polar surface area (TPSA) is 66.5 Å². The zero-order valence-corrected chi connectivity index (χ0v) is 15.2. The number of amides is 3. The normalized spacial score (nSPS) is 32.0. The molecular formula is C21H23FN2O3. The largest absolute Gasteiger partial charge is 0.333 e. The summed E-state index contributed by atoms with van der Waals surface area (Å²) in [4.78, 5) is 37.9. The van der Waals surface area contributed by atoms with E-state index in [0.29, 0.717) is 24.9 Å². The Morgan fingerprint density at radius 3 is 2.67 bits per heavy atom. The number of carbonyl (C=O) groups is 3. The van der Waals surface area contributed by atoms with Gasteiger partial charge in [0.1, 0.15) is 11.7 Å². The predicted octanol–water partition coefficient (Wildman–Crippen LogP) is 2.62. The summed E-state index contributed by atoms with van der Waals surface area (Å²) in [6, 6.07) is 3.20. The lowest BCUT2D eigenvalue weighted by atomic mass is 9.81. The fourth-order valence-corrected chi connectivity index (χ4v) is 5.76. The molecule has 0 aromatic heterocycles. The molecule has 1 N–H and O–H groups in total. The van der Waals surface area contributed by atoms with Crippen LogP contribution in [-0.4, -0.2) is 22.6 Å². The Labute approximate surface area is 157 Å². The summed E-state index contributed by atoms with van der Waals surface area (Å²) in [5.41, 5.74) is 3.03. The SMILES string of the molecule is O=C1CCC(C(=O)N2Cc3cc(F)cc(C4CC5CCC4C5)c3C2)C(=O)N1. The second-order valence-electron chi connectivity index (χ2n) is 8.61. The maximum Gasteiger partial charge on any atom is 0.239 e. The quantitative estimate of drug-likeness (QED) is 0.643. The number of fused-ring (bicyclic) bond motifs is 3. The van der Waals surface area contributed by atoms with Crippen molar-refractivity contribution in [3.8, 4) is 0 Å². The first-order chi connectivity index (χ1) is 13.0. The van der Waals surface area contributed by atoms with Crippen molar-refractivity contribution in [2.75, 3.05) is 0 Å². The fraction of sp³-hybridized carbons (Fsp3) is 0.571. The second kappa shape index (κ2) is 6.14. The zero-order valence-electron chi connectivity index (χ0n) is 15.2. The second-order valence-corrected chi connectivity index (χ2v) is 8.61. The van der Waals surface area contributed by atoms with Gasteiger partial charge in [-0.1, -0.05) is 6.42 Å². The van der Waals surface area contributed by atoms with Gasteiger partial charge in [0.15, 0.2) is 0 Å². The molecule has 2 aliphatic carbocycles. The standard InChI is InChI=1S/C21H23FN2O3/c22-14-7-13-9-24(21(27)15-3-4-19(25)23-20(15)26)10-18(13)17(8-14)16-6-11-1-2-12(16)5-11/h7-8,11-12,15-16H,1-6,9-10H2,(H,23,25,26). The number of nitrogens with zero attached hydrogens (tertiary/aromatic N) is 1. The highest BCUT2D eigenvalue weighted by molar-refractivity contribution is 6.08. The maximum atomic E-state index is 14.3. The first-order valence-electron chi connectivity index (χ1n) is 9.93. The highest BCUT2D eigenvalue weighted by Crippen LogP contribution is 2.54. The number of nitrogens with one attached hydrogen (secondary N) is 1. The van der Waals surface area contributed by atoms with Crippen molar-refractivity contribution in [3.05, 3.63) is 34.6 Å². The van der Waals surface area contributed by atoms with Crippen LogP contribution in [0, 0.1) is 23.6 Å². The van der Waals surface area contributed by atoms with Gasteiger partial charge in [0.2, 0.25) is 17.7 Å². The third-order valence-electron chi connectivity index (χ3n) is 7.04. The zero-order chi connectivity index (χ0) is 18.7. The molecule has 2 bridgehead atoms. The first kappa shape index (κ1) is 16.9. The van der Waals surface area contributed by atoms with Crippen LogP contribution in [0.3, 0.4) is 0 Å². The van der Waals surface area contributed by atoms with Crippen molar-refractivity contribution >= 4 is 17.7 Å². The highest BCUT2D eigenvalue weighted by atomic mass is 19.1. The van der Waals surface area contributed by atoms with E-state index in [2.05, 4.69) is 5.32 Å². The van der Waals surface area contributed by atoms with Crippen molar-refractivity contribution in [1.82, 2.24) is 10.2 Å². The van der Waals surface area contributed by atoms with Crippen LogP contribution in [-0.2, 0) is 27.5 Å². The van der Waals surface area contributed by atoms with Gasteiger partial charge < -0.3 is 4.90 Å². The van der Waals surface area contributed by atoms with Gasteiger partial charge in [0.05, 0.1) is 0 Å². The number of hydrogen-bond donors (Lipinski definition) is 1. The number of rotatable bonds is 2. The molecule has 0 spiro atoms. The number of benzene rings is 1. The molecule has 5 nitrogen and oxygen atoms in total. The molecule has 4 unspecified atom stereocenters. The fourth-order valence-electron chi connectivity index (χ4n) is 5.76. The molecule has 4 aliphatic rings. The molecule has 3 fully saturated rings. The van der Waals surface area contributed by atoms with E-state index in [9.17, 15) is 18.8 Å². The molecule has 2 saturated carbocycles. The molecule has 27 heavy (non-hydrogen) atoms. The van der Waals surface area contributed by atoms with E-state index >= 15 is 0 Å². The molecule has 1 aromatic rings. The Balaban J connectivity index is 1.40. The Morgan fingerprint density at radius 2 is 1.96 bits per heavy atom. The van der Waals surface area contributed by atoms with Gasteiger partial charge in [0.25, 0.3) is 0 Å². The lowest BCUT2D eigenvalue weighted by Gasteiger charge is -2.26. The van der Waals surface area contributed by atoms with Crippen LogP contribution in [0.15, 0.2) is 12.1 Å². The Hall–Kier alpha value is -2.24. The Morgan fingerprint density at radius 1 is 1.11 bits per heavy atom. The van der Waals surface area contributed by atoms with E-state index in [1.807, 2.05) is 0 Å². The van der Waals surface area contributed by atoms with Crippen LogP contribution < -0.4 is 5.32 Å². The minimum absolute atomic E-state index is 0.188. The lowest BCUT2D eigenvalue weighted by molar-refractivity contribution is -0.146. The number of carbonyl (C=O) groups excluding carboxylic acids is 3. The molecule has 1 aromatic carbocycles. The summed E-state index contributed by atoms with van der Waals surface area (Å²) < 4.78 is 14.3. The van der Waals surface area contributed by atoms with Crippen LogP contribution in [0.4, 0.5) is 4.39 Å². The average Bonchev–Trinajstić information content (AvgIpc) is 3.35. The van der Waals surface area contributed by atoms with Gasteiger partial charge in [0, 0.05) is 19.5 Å². The van der Waals surface area contributed by atoms with Gasteiger partial charge >= 0.3 is 0 Å². The third kappa shape index (κ3) is 2.77. The van der Waals surface area contributed by atoms with Crippen LogP contribution in [0.25, 0.3) is 0 Å². The molecule has 0 radical (unpaired) electrons. The Bertz CT molecular complexity index is 852. The summed E-state index contributed by atoms with van der Waals surface area (Å²) in [5.74, 6) is -0.326. The summed E-state index contributed by atoms with van der Waals surface area (Å²) >= 11 is 0. The van der Waals surface area contributed by atoms with E-state index in [1.54, 1.807) is 11.0 Å². The first-order valence-corrected chi connectivity index (χ1v) is 9.93. The van der Waals surface area contributed by atoms with Gasteiger partial charge in [-0.05, 0) is 72.3 Å². The molecule has 2 heterocycles. The van der Waals surface area contributed by atoms with Crippen LogP contribution in [0.1, 0.15) is 61.1 Å². The lowest BCUT2D eigenvalue weighted by Crippen LogP contribution is -2.47. The van der Waals surface area contributed by atoms with Crippen LogP contribution >= 0.6 is 0 Å². The van der Waals surface area contributed by atoms with Crippen molar-refractivity contribution < 1.29 is 18.8 Å². The minimum atomic E-state index is -0.812. The molecule has 4 atom stereocenters. The minimum Gasteiger partial charge on any atom is -0.333 e. The monoisotopic (exact) mass is 370 g/mol. The number of imide groups is 1. The number of piperidine rings is 1. The highest BCUT2D eigenvalue weighted by Gasteiger charge is 2.43. The Kier molecular flexibility index (Phi) is 3.85.